The van der Waals surface area contributed by atoms with Gasteiger partial charge in [-0.2, -0.15) is 2.86 Å². The van der Waals surface area contributed by atoms with E-state index in [0.29, 0.717) is 23.2 Å². The van der Waals surface area contributed by atoms with Crippen molar-refractivity contribution < 1.29 is 7.56 Å². The van der Waals surface area contributed by atoms with Crippen molar-refractivity contribution in [3.63, 3.8) is 0 Å². The van der Waals surface area contributed by atoms with Gasteiger partial charge in [0.15, 0.2) is 23.2 Å². The maximum Gasteiger partial charge on any atom is 0.171 e. The van der Waals surface area contributed by atoms with Crippen LogP contribution in [-0.4, -0.2) is 4.93 Å². The van der Waals surface area contributed by atoms with Crippen molar-refractivity contribution in [3.05, 3.63) is 0 Å². The van der Waals surface area contributed by atoms with Crippen LogP contribution in [0.4, 0.5) is 7.56 Å². The van der Waals surface area contributed by atoms with E-state index in [1.807, 2.05) is 4.93 Å². The number of hydrogen-bond donors (Lipinski definition) is 0. The van der Waals surface area contributed by atoms with Crippen LogP contribution in [-0.2, 0) is 0 Å². The molecule has 6 heavy (non-hydrogen) atoms. The van der Waals surface area contributed by atoms with Crippen LogP contribution in [0.5, 0.6) is 0 Å². The summed E-state index contributed by atoms with van der Waals surface area (Å²) in [4.78, 5) is 1.97. The van der Waals surface area contributed by atoms with E-state index in [1.165, 1.54) is 0 Å². The first-order valence-electron chi connectivity index (χ1n) is 0.521. The molecular weight excluding hydrogens is 316 g/mol. The summed E-state index contributed by atoms with van der Waals surface area (Å²) in [6.07, 6.45) is 0. The molecule has 0 heterocycles. The summed E-state index contributed by atoms with van der Waals surface area (Å²) < 4.78 is 9.47. The summed E-state index contributed by atoms with van der Waals surface area (Å²) in [6.45, 7) is 0. The number of rotatable bonds is 0. The van der Waals surface area contributed by atoms with E-state index in [4.69, 9.17) is 0 Å². The van der Waals surface area contributed by atoms with Gasteiger partial charge in [-0.05, 0) is 4.93 Å². The molecule has 0 nitrogen and oxygen atoms in total. The minimum absolute atomic E-state index is 0. The number of alkyl halides is 1. The number of hydrogen-bond acceptors (Lipinski definition) is 0. The van der Waals surface area contributed by atoms with E-state index in [-0.39, 0.29) is 12.1 Å². The third kappa shape index (κ3) is 57.0. The lowest BCUT2D eigenvalue weighted by Crippen LogP contribution is -0.798. The summed E-state index contributed by atoms with van der Waals surface area (Å²) in [5, 5.41) is 0. The first-order valence-corrected chi connectivity index (χ1v) is 3.49. The van der Waals surface area contributed by atoms with Gasteiger partial charge < -0.3 is 0 Å². The Hall–Kier alpha value is 1.32. The number of halogens is 4. The molecule has 0 unspecified atom stereocenters. The summed E-state index contributed by atoms with van der Waals surface area (Å²) in [5.74, 6) is 0. The second-order valence-electron chi connectivity index (χ2n) is 0. The van der Waals surface area contributed by atoms with Crippen LogP contribution in [0.25, 0.3) is 0 Å². The molecule has 0 aliphatic heterocycles. The van der Waals surface area contributed by atoms with E-state index < -0.39 is 0 Å². The van der Waals surface area contributed by atoms with Crippen molar-refractivity contribution in [2.75, 3.05) is 4.93 Å². The van der Waals surface area contributed by atoms with Gasteiger partial charge in [0.1, 0.15) is 0 Å². The molecule has 0 aromatic heterocycles. The van der Waals surface area contributed by atoms with Crippen molar-refractivity contribution in [2.45, 2.75) is 7.43 Å². The molecule has 0 aromatic carbocycles. The largest absolute Gasteiger partial charge is 0.269 e. The molecule has 0 bridgehead atoms. The second-order valence-corrected chi connectivity index (χ2v) is 0. The highest BCUT2D eigenvalue weighted by atomic mass is 127. The molecule has 0 fully saturated rings. The zero-order valence-electron chi connectivity index (χ0n) is 2.54. The van der Waals surface area contributed by atoms with Crippen molar-refractivity contribution in [3.8, 4) is 0 Å². The van der Waals surface area contributed by atoms with Crippen LogP contribution in [0, 0.1) is 0 Å². The molecule has 0 amide bonds. The molecular formula is C2H8F2I2. The molecule has 4 heteroatoms. The minimum Gasteiger partial charge on any atom is -0.269 e. The first-order chi connectivity index (χ1) is 2.00. The lowest BCUT2D eigenvalue weighted by Gasteiger charge is -1.05. The van der Waals surface area contributed by atoms with Gasteiger partial charge >= 0.3 is 0 Å². The Morgan fingerprint density at radius 1 is 1.17 bits per heavy atom. The third-order valence-electron chi connectivity index (χ3n) is 0. The van der Waals surface area contributed by atoms with Gasteiger partial charge in [0.2, 0.25) is 0 Å². The minimum atomic E-state index is 0. The van der Waals surface area contributed by atoms with Gasteiger partial charge in [-0.15, -0.1) is 0 Å². The normalized spacial score (nSPS) is 2.00. The van der Waals surface area contributed by atoms with Crippen molar-refractivity contribution in [2.24, 2.45) is 0 Å². The van der Waals surface area contributed by atoms with Gasteiger partial charge in [-0.1, -0.05) is 30.0 Å². The SMILES string of the molecule is C.CI.F.FI. The zero-order valence-corrected chi connectivity index (χ0v) is 6.86. The van der Waals surface area contributed by atoms with Crippen LogP contribution >= 0.6 is 45.8 Å². The average Bonchev–Trinajstić information content (AvgIpc) is 1.50. The van der Waals surface area contributed by atoms with E-state index in [0.717, 1.165) is 0 Å². The highest BCUT2D eigenvalue weighted by Gasteiger charge is 1.01. The van der Waals surface area contributed by atoms with Crippen LogP contribution < -0.4 is 0 Å². The van der Waals surface area contributed by atoms with E-state index in [2.05, 4.69) is 22.6 Å². The summed E-state index contributed by atoms with van der Waals surface area (Å²) in [5.41, 5.74) is 0. The highest BCUT2D eigenvalue weighted by molar-refractivity contribution is 14.1. The van der Waals surface area contributed by atoms with Crippen LogP contribution in [0.2, 0.25) is 0 Å². The smallest absolute Gasteiger partial charge is 0.171 e. The molecule has 44 valence electrons. The van der Waals surface area contributed by atoms with E-state index in [9.17, 15) is 2.86 Å². The molecule has 0 atom stereocenters. The molecule has 0 aliphatic rings. The predicted octanol–water partition coefficient (Wildman–Crippen LogP) is 3.15. The fraction of sp³-hybridized carbons (Fsp3) is 1.00. The maximum atomic E-state index is 9.47. The Kier molecular flexibility index (Phi) is 454. The monoisotopic (exact) mass is 324 g/mol. The fourth-order valence-corrected chi connectivity index (χ4v) is 0. The van der Waals surface area contributed by atoms with Crippen LogP contribution in [0.15, 0.2) is 0 Å². The Bertz CT molecular complexity index is 9.51. The summed E-state index contributed by atoms with van der Waals surface area (Å²) >= 11 is 2.80. The van der Waals surface area contributed by atoms with Gasteiger partial charge in [-0.25, -0.2) is 0 Å². The average molecular weight is 324 g/mol. The summed E-state index contributed by atoms with van der Waals surface area (Å²) in [7, 11) is 0. The fourth-order valence-electron chi connectivity index (χ4n) is 0. The Morgan fingerprint density at radius 2 is 1.17 bits per heavy atom. The van der Waals surface area contributed by atoms with E-state index >= 15 is 0 Å². The molecule has 0 radical (unpaired) electrons. The van der Waals surface area contributed by atoms with Crippen LogP contribution in [0.1, 0.15) is 7.43 Å². The highest BCUT2D eigenvalue weighted by Crippen LogP contribution is 1.68. The standard InChI is InChI=1S/CH3I.CH4.FI.FH/c1-2;;1-2;/h1H3;1H4;;1H. The Labute approximate surface area is 65.3 Å². The lowest BCUT2D eigenvalue weighted by molar-refractivity contribution is 1.03. The molecule has 0 saturated heterocycles. The van der Waals surface area contributed by atoms with Gasteiger partial charge in [0.05, 0.1) is 0 Å². The molecule has 0 spiro atoms. The lowest BCUT2D eigenvalue weighted by atomic mass is 12.0. The molecule has 0 rings (SSSR count). The molecule has 0 aromatic rings. The van der Waals surface area contributed by atoms with Crippen molar-refractivity contribution in [1.29, 1.82) is 0 Å². The molecule has 0 saturated carbocycles. The Balaban J connectivity index is -0.00000000500. The zero-order chi connectivity index (χ0) is 4.00. The van der Waals surface area contributed by atoms with Gasteiger partial charge in [-0.3, -0.25) is 4.70 Å². The summed E-state index contributed by atoms with van der Waals surface area (Å²) in [6, 6.07) is 0. The van der Waals surface area contributed by atoms with Gasteiger partial charge in [0, 0.05) is 0 Å². The van der Waals surface area contributed by atoms with Crippen molar-refractivity contribution in [1.82, 2.24) is 0 Å². The molecule has 0 aliphatic carbocycles. The predicted molar refractivity (Wildman–Crippen MR) is 44.3 cm³/mol. The Morgan fingerprint density at radius 3 is 1.17 bits per heavy atom. The second kappa shape index (κ2) is 103. The van der Waals surface area contributed by atoms with Crippen LogP contribution in [0.3, 0.4) is 0 Å². The van der Waals surface area contributed by atoms with Crippen molar-refractivity contribution >= 4 is 45.8 Å². The molecule has 0 N–H and O–H groups in total. The topological polar surface area (TPSA) is 0 Å². The maximum absolute atomic E-state index is 9.47. The van der Waals surface area contributed by atoms with Gasteiger partial charge in [0.25, 0.3) is 0 Å². The quantitative estimate of drug-likeness (QED) is 0.474. The third-order valence-corrected chi connectivity index (χ3v) is 0. The first kappa shape index (κ1) is 26.5. The van der Waals surface area contributed by atoms with E-state index in [1.54, 1.807) is 0 Å².